The van der Waals surface area contributed by atoms with Crippen LogP contribution in [0.2, 0.25) is 0 Å². The molecule has 0 aromatic carbocycles. The standard InChI is InChI=1S/C11H15F9O3S.C6H11N/c1-2-3-4-5-6-7(12)8(13,14)9(15,16)10(17,18)11(19,20)24(21,22)23;1-3-5-7-6-4-2/h7H,2-6H2,1H3,(H,21,22,23);3-4,7H,1-2,5-6H2. The second-order valence-electron chi connectivity index (χ2n) is 6.32. The molecule has 0 bridgehead atoms. The summed E-state index contributed by atoms with van der Waals surface area (Å²) in [4.78, 5) is 0. The Balaban J connectivity index is 0. The first kappa shape index (κ1) is 31.9. The lowest BCUT2D eigenvalue weighted by Crippen LogP contribution is -2.66. The number of nitrogens with one attached hydrogen (secondary N) is 1. The molecule has 0 rings (SSSR count). The number of rotatable bonds is 14. The second kappa shape index (κ2) is 12.7. The second-order valence-corrected chi connectivity index (χ2v) is 7.78. The van der Waals surface area contributed by atoms with Crippen LogP contribution >= 0.6 is 0 Å². The third-order valence-electron chi connectivity index (χ3n) is 3.78. The third kappa shape index (κ3) is 7.97. The molecule has 0 fully saturated rings. The Morgan fingerprint density at radius 3 is 1.71 bits per heavy atom. The van der Waals surface area contributed by atoms with Gasteiger partial charge in [0.15, 0.2) is 6.17 Å². The van der Waals surface area contributed by atoms with Gasteiger partial charge in [0, 0.05) is 13.1 Å². The van der Waals surface area contributed by atoms with E-state index in [1.165, 1.54) is 0 Å². The van der Waals surface area contributed by atoms with Crippen molar-refractivity contribution in [2.45, 2.75) is 68.2 Å². The van der Waals surface area contributed by atoms with Gasteiger partial charge in [-0.1, -0.05) is 44.8 Å². The number of alkyl halides is 9. The summed E-state index contributed by atoms with van der Waals surface area (Å²) in [6, 6.07) is 0. The molecule has 0 saturated carbocycles. The average molecular weight is 495 g/mol. The van der Waals surface area contributed by atoms with Gasteiger partial charge in [0.25, 0.3) is 0 Å². The van der Waals surface area contributed by atoms with E-state index in [-0.39, 0.29) is 6.42 Å². The van der Waals surface area contributed by atoms with E-state index in [0.29, 0.717) is 12.8 Å². The van der Waals surface area contributed by atoms with Crippen molar-refractivity contribution in [2.75, 3.05) is 13.1 Å². The van der Waals surface area contributed by atoms with Gasteiger partial charge in [0.1, 0.15) is 0 Å². The normalized spacial score (nSPS) is 14.4. The maximum atomic E-state index is 13.3. The van der Waals surface area contributed by atoms with E-state index in [9.17, 15) is 47.9 Å². The summed E-state index contributed by atoms with van der Waals surface area (Å²) in [5, 5.41) is -3.90. The van der Waals surface area contributed by atoms with Crippen LogP contribution in [0.5, 0.6) is 0 Å². The Labute approximate surface area is 175 Å². The Hall–Kier alpha value is -1.28. The summed E-state index contributed by atoms with van der Waals surface area (Å²) in [7, 11) is -7.17. The first-order chi connectivity index (χ1) is 13.9. The lowest BCUT2D eigenvalue weighted by Gasteiger charge is -2.36. The fourth-order valence-electron chi connectivity index (χ4n) is 1.97. The SMILES string of the molecule is C=CCNCC=C.CCCCCCC(F)C(F)(F)C(F)(F)C(F)(F)C(F)(F)S(=O)(=O)O. The van der Waals surface area contributed by atoms with E-state index in [1.54, 1.807) is 6.92 Å². The molecule has 0 aliphatic carbocycles. The number of hydrogen-bond donors (Lipinski definition) is 2. The molecule has 0 heterocycles. The molecular formula is C17H26F9NO3S. The zero-order valence-electron chi connectivity index (χ0n) is 16.7. The molecule has 1 unspecified atom stereocenters. The van der Waals surface area contributed by atoms with Crippen LogP contribution in [0, 0.1) is 0 Å². The van der Waals surface area contributed by atoms with Crippen molar-refractivity contribution in [3.63, 3.8) is 0 Å². The summed E-state index contributed by atoms with van der Waals surface area (Å²) in [6.07, 6.45) is -0.930. The molecule has 0 aliphatic heterocycles. The Morgan fingerprint density at radius 1 is 0.903 bits per heavy atom. The van der Waals surface area contributed by atoms with Crippen molar-refractivity contribution in [1.82, 2.24) is 5.32 Å². The Kier molecular flexibility index (Phi) is 13.0. The van der Waals surface area contributed by atoms with Gasteiger partial charge < -0.3 is 5.32 Å². The molecule has 0 aliphatic rings. The molecule has 31 heavy (non-hydrogen) atoms. The van der Waals surface area contributed by atoms with Gasteiger partial charge >= 0.3 is 33.1 Å². The highest BCUT2D eigenvalue weighted by Crippen LogP contribution is 2.55. The van der Waals surface area contributed by atoms with Gasteiger partial charge in [0.2, 0.25) is 0 Å². The number of unbranched alkanes of at least 4 members (excludes halogenated alkanes) is 3. The molecule has 0 saturated heterocycles. The Morgan fingerprint density at radius 2 is 1.35 bits per heavy atom. The molecule has 0 spiro atoms. The monoisotopic (exact) mass is 495 g/mol. The van der Waals surface area contributed by atoms with Crippen LogP contribution < -0.4 is 5.32 Å². The minimum atomic E-state index is -7.26. The molecule has 14 heteroatoms. The van der Waals surface area contributed by atoms with E-state index in [2.05, 4.69) is 18.5 Å². The van der Waals surface area contributed by atoms with Crippen molar-refractivity contribution in [3.8, 4) is 0 Å². The maximum absolute atomic E-state index is 13.3. The number of hydrogen-bond acceptors (Lipinski definition) is 3. The topological polar surface area (TPSA) is 66.4 Å². The fourth-order valence-corrected chi connectivity index (χ4v) is 2.42. The molecule has 0 aromatic heterocycles. The quantitative estimate of drug-likeness (QED) is 0.142. The van der Waals surface area contributed by atoms with Gasteiger partial charge in [-0.05, 0) is 6.42 Å². The summed E-state index contributed by atoms with van der Waals surface area (Å²) in [5.41, 5.74) is 0. The van der Waals surface area contributed by atoms with Crippen molar-refractivity contribution in [3.05, 3.63) is 25.3 Å². The predicted octanol–water partition coefficient (Wildman–Crippen LogP) is 5.63. The third-order valence-corrected chi connectivity index (χ3v) is 4.69. The lowest BCUT2D eigenvalue weighted by molar-refractivity contribution is -0.359. The molecule has 1 atom stereocenters. The highest BCUT2D eigenvalue weighted by Gasteiger charge is 2.85. The first-order valence-electron chi connectivity index (χ1n) is 8.94. The van der Waals surface area contributed by atoms with E-state index in [0.717, 1.165) is 13.1 Å². The van der Waals surface area contributed by atoms with Crippen molar-refractivity contribution < 1.29 is 52.5 Å². The van der Waals surface area contributed by atoms with Crippen molar-refractivity contribution in [2.24, 2.45) is 0 Å². The van der Waals surface area contributed by atoms with Crippen LogP contribution in [-0.4, -0.2) is 55.3 Å². The Bertz CT molecular complexity index is 647. The summed E-state index contributed by atoms with van der Waals surface area (Å²) in [5.74, 6) is -20.6. The van der Waals surface area contributed by atoms with Crippen LogP contribution in [0.3, 0.4) is 0 Å². The van der Waals surface area contributed by atoms with Gasteiger partial charge in [-0.3, -0.25) is 4.55 Å². The molecule has 2 N–H and O–H groups in total. The fraction of sp³-hybridized carbons (Fsp3) is 0.765. The lowest BCUT2D eigenvalue weighted by atomic mass is 9.96. The summed E-state index contributed by atoms with van der Waals surface area (Å²) < 4.78 is 146. The zero-order chi connectivity index (χ0) is 25.1. The van der Waals surface area contributed by atoms with Crippen LogP contribution in [0.25, 0.3) is 0 Å². The maximum Gasteiger partial charge on any atom is 0.438 e. The average Bonchev–Trinajstić information content (AvgIpc) is 2.64. The highest BCUT2D eigenvalue weighted by molar-refractivity contribution is 7.87. The van der Waals surface area contributed by atoms with Gasteiger partial charge in [0.05, 0.1) is 0 Å². The minimum Gasteiger partial charge on any atom is -0.310 e. The first-order valence-corrected chi connectivity index (χ1v) is 10.4. The van der Waals surface area contributed by atoms with Crippen LogP contribution in [0.1, 0.15) is 39.0 Å². The van der Waals surface area contributed by atoms with Crippen molar-refractivity contribution in [1.29, 1.82) is 0 Å². The smallest absolute Gasteiger partial charge is 0.310 e. The summed E-state index contributed by atoms with van der Waals surface area (Å²) >= 11 is 0. The predicted molar refractivity (Wildman–Crippen MR) is 98.3 cm³/mol. The van der Waals surface area contributed by atoms with Crippen LogP contribution in [0.4, 0.5) is 39.5 Å². The largest absolute Gasteiger partial charge is 0.438 e. The molecule has 0 amide bonds. The minimum absolute atomic E-state index is 0.107. The molecular weight excluding hydrogens is 469 g/mol. The molecule has 186 valence electrons. The van der Waals surface area contributed by atoms with Crippen LogP contribution in [0.15, 0.2) is 25.3 Å². The van der Waals surface area contributed by atoms with Crippen LogP contribution in [-0.2, 0) is 10.1 Å². The van der Waals surface area contributed by atoms with E-state index < -0.39 is 52.2 Å². The van der Waals surface area contributed by atoms with Gasteiger partial charge in [-0.2, -0.15) is 43.5 Å². The van der Waals surface area contributed by atoms with E-state index >= 15 is 0 Å². The van der Waals surface area contributed by atoms with Gasteiger partial charge in [-0.25, -0.2) is 4.39 Å². The van der Waals surface area contributed by atoms with Crippen molar-refractivity contribution >= 4 is 10.1 Å². The molecule has 0 aromatic rings. The zero-order valence-corrected chi connectivity index (χ0v) is 17.5. The highest BCUT2D eigenvalue weighted by atomic mass is 32.2. The number of halogens is 9. The van der Waals surface area contributed by atoms with E-state index in [1.807, 2.05) is 12.2 Å². The summed E-state index contributed by atoms with van der Waals surface area (Å²) in [6.45, 7) is 10.5. The molecule has 0 radical (unpaired) electrons. The van der Waals surface area contributed by atoms with Gasteiger partial charge in [-0.15, -0.1) is 13.2 Å². The van der Waals surface area contributed by atoms with E-state index in [4.69, 9.17) is 4.55 Å². The molecule has 4 nitrogen and oxygen atoms in total.